The fourth-order valence-electron chi connectivity index (χ4n) is 2.45. The highest BCUT2D eigenvalue weighted by atomic mass is 127. The molecule has 3 rings (SSSR count). The van der Waals surface area contributed by atoms with E-state index < -0.39 is 37.3 Å². The number of nitrogens with one attached hydrogen (secondary N) is 1. The van der Waals surface area contributed by atoms with Gasteiger partial charge in [0.15, 0.2) is 0 Å². The minimum atomic E-state index is -1.46. The molecule has 1 fully saturated rings. The lowest BCUT2D eigenvalue weighted by Gasteiger charge is -2.39. The molecule has 5 atom stereocenters. The topological polar surface area (TPSA) is 115 Å². The van der Waals surface area contributed by atoms with Gasteiger partial charge in [-0.05, 0) is 40.8 Å². The Bertz CT molecular complexity index is 660. The summed E-state index contributed by atoms with van der Waals surface area (Å²) in [6.45, 7) is -0.489. The summed E-state index contributed by atoms with van der Waals surface area (Å²) in [4.78, 5) is 3.04. The molecule has 0 unspecified atom stereocenters. The Labute approximate surface area is 139 Å². The van der Waals surface area contributed by atoms with Crippen molar-refractivity contribution in [1.29, 1.82) is 0 Å². The van der Waals surface area contributed by atoms with Crippen molar-refractivity contribution in [3.8, 4) is 5.75 Å². The van der Waals surface area contributed by atoms with E-state index in [1.54, 1.807) is 6.20 Å². The van der Waals surface area contributed by atoms with Crippen molar-refractivity contribution >= 4 is 33.5 Å². The van der Waals surface area contributed by atoms with Gasteiger partial charge in [-0.2, -0.15) is 0 Å². The molecular formula is C14H16INO6. The Balaban J connectivity index is 1.85. The van der Waals surface area contributed by atoms with Crippen molar-refractivity contribution in [1.82, 2.24) is 4.98 Å². The highest BCUT2D eigenvalue weighted by Crippen LogP contribution is 2.30. The SMILES string of the molecule is OC[C@H]1O[C@@H](Oc2c[nH]c3ccc(I)cc23)[C@H](O)[C@H](O)[C@H]1O. The Morgan fingerprint density at radius 1 is 1.18 bits per heavy atom. The van der Waals surface area contributed by atoms with Crippen molar-refractivity contribution < 1.29 is 29.9 Å². The molecule has 0 bridgehead atoms. The summed E-state index contributed by atoms with van der Waals surface area (Å²) in [5, 5.41) is 39.5. The molecule has 0 aliphatic carbocycles. The maximum absolute atomic E-state index is 9.99. The van der Waals surface area contributed by atoms with Gasteiger partial charge in [0.25, 0.3) is 0 Å². The lowest BCUT2D eigenvalue weighted by atomic mass is 9.99. The summed E-state index contributed by atoms with van der Waals surface area (Å²) >= 11 is 2.18. The third-order valence-electron chi connectivity index (χ3n) is 3.70. The first-order chi connectivity index (χ1) is 10.5. The minimum absolute atomic E-state index is 0.456. The van der Waals surface area contributed by atoms with Crippen LogP contribution in [0.3, 0.4) is 0 Å². The molecular weight excluding hydrogens is 405 g/mol. The number of hydrogen-bond acceptors (Lipinski definition) is 6. The van der Waals surface area contributed by atoms with Crippen LogP contribution in [-0.2, 0) is 4.74 Å². The Morgan fingerprint density at radius 2 is 1.95 bits per heavy atom. The average Bonchev–Trinajstić information content (AvgIpc) is 2.90. The fourth-order valence-corrected chi connectivity index (χ4v) is 2.95. The second-order valence-electron chi connectivity index (χ2n) is 5.16. The lowest BCUT2D eigenvalue weighted by Crippen LogP contribution is -2.60. The number of hydrogen-bond donors (Lipinski definition) is 5. The molecule has 0 spiro atoms. The first kappa shape index (κ1) is 16.0. The van der Waals surface area contributed by atoms with Gasteiger partial charge in [0, 0.05) is 20.7 Å². The number of aliphatic hydroxyl groups is 4. The van der Waals surface area contributed by atoms with E-state index in [1.165, 1.54) is 0 Å². The van der Waals surface area contributed by atoms with Crippen molar-refractivity contribution in [2.75, 3.05) is 6.61 Å². The van der Waals surface area contributed by atoms with Crippen LogP contribution >= 0.6 is 22.6 Å². The van der Waals surface area contributed by atoms with E-state index in [0.29, 0.717) is 5.75 Å². The Hall–Kier alpha value is -0.910. The third kappa shape index (κ3) is 2.82. The molecule has 1 aliphatic heterocycles. The number of halogens is 1. The van der Waals surface area contributed by atoms with E-state index >= 15 is 0 Å². The van der Waals surface area contributed by atoms with Crippen molar-refractivity contribution in [2.45, 2.75) is 30.7 Å². The standard InChI is InChI=1S/C14H16INO6/c15-6-1-2-8-7(3-6)9(4-16-8)21-14-13(20)12(19)11(18)10(5-17)22-14/h1-4,10-14,16-20H,5H2/t10-,11+,12-,13-,14-/m1/s1. The second-order valence-corrected chi connectivity index (χ2v) is 6.40. The van der Waals surface area contributed by atoms with Gasteiger partial charge < -0.3 is 34.9 Å². The Morgan fingerprint density at radius 3 is 2.68 bits per heavy atom. The molecule has 120 valence electrons. The summed E-state index contributed by atoms with van der Waals surface area (Å²) < 4.78 is 12.0. The summed E-state index contributed by atoms with van der Waals surface area (Å²) in [5.41, 5.74) is 0.861. The highest BCUT2D eigenvalue weighted by Gasteiger charge is 2.44. The summed E-state index contributed by atoms with van der Waals surface area (Å²) in [5.74, 6) is 0.456. The van der Waals surface area contributed by atoms with Crippen LogP contribution in [0.15, 0.2) is 24.4 Å². The molecule has 1 aliphatic rings. The van der Waals surface area contributed by atoms with Gasteiger partial charge in [0.2, 0.25) is 6.29 Å². The molecule has 2 aromatic rings. The van der Waals surface area contributed by atoms with Crippen molar-refractivity contribution in [3.63, 3.8) is 0 Å². The largest absolute Gasteiger partial charge is 0.460 e. The Kier molecular flexibility index (Phi) is 4.57. The number of rotatable bonds is 3. The predicted octanol–water partition coefficient (Wildman–Crippen LogP) is -0.0488. The van der Waals surface area contributed by atoms with Crippen molar-refractivity contribution in [2.24, 2.45) is 0 Å². The minimum Gasteiger partial charge on any atom is -0.460 e. The molecule has 0 radical (unpaired) electrons. The van der Waals surface area contributed by atoms with Crippen LogP contribution in [-0.4, -0.2) is 62.7 Å². The summed E-state index contributed by atoms with van der Waals surface area (Å²) in [6.07, 6.45) is -4.83. The normalized spacial score (nSPS) is 32.3. The second kappa shape index (κ2) is 6.30. The molecule has 2 heterocycles. The van der Waals surface area contributed by atoms with Crippen LogP contribution in [0.2, 0.25) is 0 Å². The summed E-state index contributed by atoms with van der Waals surface area (Å²) in [7, 11) is 0. The van der Waals surface area contributed by atoms with E-state index in [-0.39, 0.29) is 0 Å². The van der Waals surface area contributed by atoms with Crippen LogP contribution in [0, 0.1) is 3.57 Å². The molecule has 1 aromatic carbocycles. The molecule has 0 amide bonds. The average molecular weight is 421 g/mol. The van der Waals surface area contributed by atoms with Crippen LogP contribution < -0.4 is 4.74 Å². The molecule has 22 heavy (non-hydrogen) atoms. The number of aromatic nitrogens is 1. The van der Waals surface area contributed by atoms with Gasteiger partial charge in [0.05, 0.1) is 6.61 Å². The van der Waals surface area contributed by atoms with Crippen molar-refractivity contribution in [3.05, 3.63) is 28.0 Å². The number of fused-ring (bicyclic) bond motifs is 1. The monoisotopic (exact) mass is 421 g/mol. The van der Waals surface area contributed by atoms with Gasteiger partial charge in [-0.3, -0.25) is 0 Å². The van der Waals surface area contributed by atoms with Gasteiger partial charge in [-0.1, -0.05) is 0 Å². The van der Waals surface area contributed by atoms with Gasteiger partial charge in [0.1, 0.15) is 30.2 Å². The molecule has 1 aromatic heterocycles. The van der Waals surface area contributed by atoms with Crippen LogP contribution in [0.25, 0.3) is 10.9 Å². The first-order valence-corrected chi connectivity index (χ1v) is 7.83. The summed E-state index contributed by atoms with van der Waals surface area (Å²) in [6, 6.07) is 5.75. The molecule has 8 heteroatoms. The molecule has 7 nitrogen and oxygen atoms in total. The quantitative estimate of drug-likeness (QED) is 0.444. The highest BCUT2D eigenvalue weighted by molar-refractivity contribution is 14.1. The fraction of sp³-hybridized carbons (Fsp3) is 0.429. The zero-order chi connectivity index (χ0) is 15.9. The van der Waals surface area contributed by atoms with Gasteiger partial charge in [-0.25, -0.2) is 0 Å². The number of ether oxygens (including phenoxy) is 2. The van der Waals surface area contributed by atoms with E-state index in [9.17, 15) is 20.4 Å². The maximum atomic E-state index is 9.99. The van der Waals surface area contributed by atoms with Crippen LogP contribution in [0.4, 0.5) is 0 Å². The van der Waals surface area contributed by atoms with Crippen LogP contribution in [0.5, 0.6) is 5.75 Å². The van der Waals surface area contributed by atoms with Gasteiger partial charge >= 0.3 is 0 Å². The van der Waals surface area contributed by atoms with E-state index in [0.717, 1.165) is 14.5 Å². The number of H-pyrrole nitrogens is 1. The smallest absolute Gasteiger partial charge is 0.229 e. The predicted molar refractivity (Wildman–Crippen MR) is 85.4 cm³/mol. The molecule has 1 saturated heterocycles. The zero-order valence-corrected chi connectivity index (χ0v) is 13.5. The lowest BCUT2D eigenvalue weighted by molar-refractivity contribution is -0.277. The number of aliphatic hydroxyl groups excluding tert-OH is 4. The van der Waals surface area contributed by atoms with E-state index in [2.05, 4.69) is 27.6 Å². The molecule has 5 N–H and O–H groups in total. The zero-order valence-electron chi connectivity index (χ0n) is 11.4. The number of aromatic amines is 1. The first-order valence-electron chi connectivity index (χ1n) is 6.75. The third-order valence-corrected chi connectivity index (χ3v) is 4.37. The van der Waals surface area contributed by atoms with E-state index in [4.69, 9.17) is 9.47 Å². The molecule has 0 saturated carbocycles. The maximum Gasteiger partial charge on any atom is 0.229 e. The van der Waals surface area contributed by atoms with Gasteiger partial charge in [-0.15, -0.1) is 0 Å². The van der Waals surface area contributed by atoms with E-state index in [1.807, 2.05) is 18.2 Å². The van der Waals surface area contributed by atoms with Crippen LogP contribution in [0.1, 0.15) is 0 Å². The number of benzene rings is 1.